The molecule has 1 amide bonds. The summed E-state index contributed by atoms with van der Waals surface area (Å²) < 4.78 is 5.49. The van der Waals surface area contributed by atoms with Crippen LogP contribution in [-0.4, -0.2) is 47.4 Å². The van der Waals surface area contributed by atoms with Gasteiger partial charge < -0.3 is 20.3 Å². The Labute approximate surface area is 501 Å². The number of hydrogen-bond donors (Lipinski definition) is 3. The fourth-order valence-electron chi connectivity index (χ4n) is 11.7. The van der Waals surface area contributed by atoms with Crippen molar-refractivity contribution in [3.8, 4) is 0 Å². The monoisotopic (exact) mass is 1130 g/mol. The zero-order chi connectivity index (χ0) is 57.8. The SMILES string of the molecule is CCCCCCCCCCCCCCCCCCCCCCC(O)C(CO)NC(=O)CCCCCCCCCCCCCCC/C=C\C/C=C\CCCCCCCCCCCOC(=O)CCCCCCCCCCCCCCCC. The number of amides is 1. The van der Waals surface area contributed by atoms with E-state index >= 15 is 0 Å². The van der Waals surface area contributed by atoms with Crippen molar-refractivity contribution in [3.05, 3.63) is 24.3 Å². The Kier molecular flexibility index (Phi) is 68.4. The highest BCUT2D eigenvalue weighted by Gasteiger charge is 2.20. The fraction of sp³-hybridized carbons (Fsp3) is 0.919. The summed E-state index contributed by atoms with van der Waals surface area (Å²) >= 11 is 0. The molecule has 0 aliphatic carbocycles. The molecule has 0 saturated heterocycles. The topological polar surface area (TPSA) is 95.9 Å². The van der Waals surface area contributed by atoms with E-state index in [1.165, 1.54) is 334 Å². The molecule has 6 nitrogen and oxygen atoms in total. The Bertz CT molecular complexity index is 1250. The zero-order valence-corrected chi connectivity index (χ0v) is 54.3. The maximum Gasteiger partial charge on any atom is 0.305 e. The lowest BCUT2D eigenvalue weighted by atomic mass is 10.0. The molecule has 6 heteroatoms. The van der Waals surface area contributed by atoms with Crippen molar-refractivity contribution in [2.75, 3.05) is 13.2 Å². The Morgan fingerprint density at radius 3 is 0.950 bits per heavy atom. The smallest absolute Gasteiger partial charge is 0.305 e. The highest BCUT2D eigenvalue weighted by Crippen LogP contribution is 2.19. The van der Waals surface area contributed by atoms with Crippen molar-refractivity contribution in [1.29, 1.82) is 0 Å². The molecule has 0 aliphatic heterocycles. The van der Waals surface area contributed by atoms with Gasteiger partial charge in [0.05, 0.1) is 25.4 Å². The molecule has 0 aliphatic rings. The Balaban J connectivity index is 3.40. The summed E-state index contributed by atoms with van der Waals surface area (Å²) in [5.41, 5.74) is 0. The lowest BCUT2D eigenvalue weighted by Gasteiger charge is -2.22. The van der Waals surface area contributed by atoms with Gasteiger partial charge in [0.15, 0.2) is 0 Å². The van der Waals surface area contributed by atoms with Gasteiger partial charge in [0.1, 0.15) is 0 Å². The number of allylic oxidation sites excluding steroid dienone is 4. The fourth-order valence-corrected chi connectivity index (χ4v) is 11.7. The molecular formula is C74H143NO5. The summed E-state index contributed by atoms with van der Waals surface area (Å²) in [6, 6.07) is -0.543. The molecule has 474 valence electrons. The largest absolute Gasteiger partial charge is 0.466 e. The molecule has 0 radical (unpaired) electrons. The van der Waals surface area contributed by atoms with Gasteiger partial charge in [-0.05, 0) is 57.8 Å². The first kappa shape index (κ1) is 78.3. The van der Waals surface area contributed by atoms with Crippen molar-refractivity contribution in [2.24, 2.45) is 0 Å². The number of carbonyl (C=O) groups is 2. The third-order valence-electron chi connectivity index (χ3n) is 17.3. The number of unbranched alkanes of at least 4 members (excludes halogenated alkanes) is 54. The first-order chi connectivity index (χ1) is 39.5. The lowest BCUT2D eigenvalue weighted by molar-refractivity contribution is -0.143. The van der Waals surface area contributed by atoms with Crippen molar-refractivity contribution < 1.29 is 24.5 Å². The molecule has 3 N–H and O–H groups in total. The third kappa shape index (κ3) is 65.5. The van der Waals surface area contributed by atoms with Crippen LogP contribution in [0.5, 0.6) is 0 Å². The molecule has 0 saturated carbocycles. The van der Waals surface area contributed by atoms with Crippen molar-refractivity contribution in [3.63, 3.8) is 0 Å². The summed E-state index contributed by atoms with van der Waals surface area (Å²) in [7, 11) is 0. The van der Waals surface area contributed by atoms with Gasteiger partial charge in [0.25, 0.3) is 0 Å². The van der Waals surface area contributed by atoms with Crippen molar-refractivity contribution in [1.82, 2.24) is 5.32 Å². The zero-order valence-electron chi connectivity index (χ0n) is 54.3. The van der Waals surface area contributed by atoms with Crippen LogP contribution in [-0.2, 0) is 14.3 Å². The lowest BCUT2D eigenvalue weighted by Crippen LogP contribution is -2.45. The van der Waals surface area contributed by atoms with Crippen LogP contribution in [0.4, 0.5) is 0 Å². The van der Waals surface area contributed by atoms with E-state index in [1.807, 2.05) is 0 Å². The summed E-state index contributed by atoms with van der Waals surface area (Å²) in [5.74, 6) is -0.0164. The number of ether oxygens (including phenoxy) is 1. The molecule has 2 atom stereocenters. The van der Waals surface area contributed by atoms with Gasteiger partial charge in [-0.3, -0.25) is 9.59 Å². The second kappa shape index (κ2) is 69.8. The second-order valence-corrected chi connectivity index (χ2v) is 25.3. The van der Waals surface area contributed by atoms with Gasteiger partial charge in [-0.25, -0.2) is 0 Å². The Morgan fingerprint density at radius 2 is 0.625 bits per heavy atom. The van der Waals surface area contributed by atoms with E-state index in [1.54, 1.807) is 0 Å². The molecule has 0 aromatic heterocycles. The van der Waals surface area contributed by atoms with Crippen LogP contribution in [0.25, 0.3) is 0 Å². The average molecular weight is 1130 g/mol. The van der Waals surface area contributed by atoms with Crippen molar-refractivity contribution >= 4 is 11.9 Å². The number of aliphatic hydroxyl groups excluding tert-OH is 2. The minimum atomic E-state index is -0.666. The first-order valence-electron chi connectivity index (χ1n) is 36.6. The normalized spacial score (nSPS) is 12.6. The molecular weight excluding hydrogens is 983 g/mol. The van der Waals surface area contributed by atoms with Gasteiger partial charge in [0.2, 0.25) is 5.91 Å². The number of rotatable bonds is 69. The van der Waals surface area contributed by atoms with E-state index in [2.05, 4.69) is 43.5 Å². The number of aliphatic hydroxyl groups is 2. The van der Waals surface area contributed by atoms with E-state index < -0.39 is 12.1 Å². The van der Waals surface area contributed by atoms with Crippen LogP contribution in [0.2, 0.25) is 0 Å². The molecule has 0 bridgehead atoms. The minimum Gasteiger partial charge on any atom is -0.466 e. The predicted molar refractivity (Wildman–Crippen MR) is 352 cm³/mol. The molecule has 0 rings (SSSR count). The second-order valence-electron chi connectivity index (χ2n) is 25.3. The van der Waals surface area contributed by atoms with Crippen LogP contribution >= 0.6 is 0 Å². The van der Waals surface area contributed by atoms with Gasteiger partial charge >= 0.3 is 5.97 Å². The first-order valence-corrected chi connectivity index (χ1v) is 36.6. The van der Waals surface area contributed by atoms with Gasteiger partial charge in [-0.15, -0.1) is 0 Å². The summed E-state index contributed by atoms with van der Waals surface area (Å²) in [4.78, 5) is 24.6. The predicted octanol–water partition coefficient (Wildman–Crippen LogP) is 23.7. The maximum atomic E-state index is 12.5. The van der Waals surface area contributed by atoms with Crippen LogP contribution in [0, 0.1) is 0 Å². The molecule has 0 heterocycles. The van der Waals surface area contributed by atoms with Crippen LogP contribution in [0.15, 0.2) is 24.3 Å². The van der Waals surface area contributed by atoms with Gasteiger partial charge in [-0.2, -0.15) is 0 Å². The van der Waals surface area contributed by atoms with E-state index in [4.69, 9.17) is 4.74 Å². The van der Waals surface area contributed by atoms with E-state index in [0.29, 0.717) is 25.9 Å². The van der Waals surface area contributed by atoms with Gasteiger partial charge in [0, 0.05) is 12.8 Å². The number of hydrogen-bond acceptors (Lipinski definition) is 5. The van der Waals surface area contributed by atoms with E-state index in [-0.39, 0.29) is 18.5 Å². The highest BCUT2D eigenvalue weighted by molar-refractivity contribution is 5.76. The molecule has 0 aromatic rings. The maximum absolute atomic E-state index is 12.5. The van der Waals surface area contributed by atoms with Gasteiger partial charge in [-0.1, -0.05) is 366 Å². The van der Waals surface area contributed by atoms with Crippen LogP contribution in [0.1, 0.15) is 412 Å². The molecule has 0 fully saturated rings. The number of carbonyl (C=O) groups excluding carboxylic acids is 2. The van der Waals surface area contributed by atoms with Crippen LogP contribution < -0.4 is 5.32 Å². The average Bonchev–Trinajstić information content (AvgIpc) is 3.46. The molecule has 80 heavy (non-hydrogen) atoms. The van der Waals surface area contributed by atoms with Crippen LogP contribution in [0.3, 0.4) is 0 Å². The summed E-state index contributed by atoms with van der Waals surface area (Å²) in [6.45, 7) is 4.99. The number of nitrogens with one attached hydrogen (secondary N) is 1. The molecule has 2 unspecified atom stereocenters. The van der Waals surface area contributed by atoms with E-state index in [0.717, 1.165) is 44.9 Å². The Hall–Kier alpha value is -1.66. The highest BCUT2D eigenvalue weighted by atomic mass is 16.5. The summed E-state index contributed by atoms with van der Waals surface area (Å²) in [5, 5.41) is 23.4. The standard InChI is InChI=1S/C74H143NO5/c1-3-5-7-9-11-13-15-17-19-20-21-33-36-39-42-46-50-54-58-62-66-72(77)71(70-76)75-73(78)67-63-59-55-51-47-43-40-37-34-31-29-27-25-23-22-24-26-28-30-32-35-38-41-45-49-53-57-61-65-69-80-74(79)68-64-60-56-52-48-44-18-16-14-12-10-8-6-4-2/h22,24,28,30,71-72,76-77H,3-21,23,25-27,29,31-70H2,1-2H3,(H,75,78)/b24-22-,30-28-. The summed E-state index contributed by atoms with van der Waals surface area (Å²) in [6.07, 6.45) is 88.1. The van der Waals surface area contributed by atoms with Crippen molar-refractivity contribution in [2.45, 2.75) is 424 Å². The molecule has 0 aromatic carbocycles. The molecule has 0 spiro atoms. The third-order valence-corrected chi connectivity index (χ3v) is 17.3. The minimum absolute atomic E-state index is 0.0151. The number of esters is 1. The quantitative estimate of drug-likeness (QED) is 0.0320. The Morgan fingerprint density at radius 1 is 0.350 bits per heavy atom. The van der Waals surface area contributed by atoms with E-state index in [9.17, 15) is 19.8 Å².